The molecule has 1 aliphatic heterocycles. The van der Waals surface area contributed by atoms with Crippen LogP contribution in [-0.2, 0) is 9.59 Å². The molecule has 0 radical (unpaired) electrons. The van der Waals surface area contributed by atoms with Gasteiger partial charge in [0, 0.05) is 12.1 Å². The van der Waals surface area contributed by atoms with E-state index in [-0.39, 0.29) is 12.3 Å². The van der Waals surface area contributed by atoms with Gasteiger partial charge in [-0.05, 0) is 55.1 Å². The average molecular weight is 358 g/mol. The Labute approximate surface area is 148 Å². The van der Waals surface area contributed by atoms with Crippen molar-refractivity contribution >= 4 is 40.2 Å². The third-order valence-electron chi connectivity index (χ3n) is 3.71. The fourth-order valence-electron chi connectivity index (χ4n) is 2.43. The van der Waals surface area contributed by atoms with Gasteiger partial charge in [0.05, 0.1) is 5.69 Å². The lowest BCUT2D eigenvalue weighted by atomic mass is 10.2. The van der Waals surface area contributed by atoms with Crippen LogP contribution in [0.15, 0.2) is 48.5 Å². The van der Waals surface area contributed by atoms with Crippen molar-refractivity contribution in [2.75, 3.05) is 10.2 Å². The van der Waals surface area contributed by atoms with Crippen LogP contribution in [0.5, 0.6) is 0 Å². The molecular weight excluding hydrogens is 343 g/mol. The van der Waals surface area contributed by atoms with Gasteiger partial charge in [-0.2, -0.15) is 0 Å². The first-order valence-corrected chi connectivity index (χ1v) is 8.48. The van der Waals surface area contributed by atoms with E-state index in [1.54, 1.807) is 12.1 Å². The van der Waals surface area contributed by atoms with Crippen LogP contribution in [0.25, 0.3) is 0 Å². The summed E-state index contributed by atoms with van der Waals surface area (Å²) < 4.78 is 13.0. The summed E-state index contributed by atoms with van der Waals surface area (Å²) in [6.45, 7) is 1.94. The molecule has 1 saturated heterocycles. The summed E-state index contributed by atoms with van der Waals surface area (Å²) in [4.78, 5) is 37.7. The SMILES string of the molecule is Cc1ccc(NC(=O)C[C@H]2SC(=O)N(c3ccc(F)cc3)C2=O)cc1. The van der Waals surface area contributed by atoms with Crippen molar-refractivity contribution in [3.05, 3.63) is 59.9 Å². The average Bonchev–Trinajstić information content (AvgIpc) is 2.84. The van der Waals surface area contributed by atoms with Crippen molar-refractivity contribution in [2.24, 2.45) is 0 Å². The zero-order chi connectivity index (χ0) is 18.0. The van der Waals surface area contributed by atoms with Crippen LogP contribution in [0.2, 0.25) is 0 Å². The lowest BCUT2D eigenvalue weighted by Gasteiger charge is -2.13. The number of benzene rings is 2. The highest BCUT2D eigenvalue weighted by molar-refractivity contribution is 8.15. The maximum atomic E-state index is 13.0. The fourth-order valence-corrected chi connectivity index (χ4v) is 3.41. The molecule has 0 spiro atoms. The van der Waals surface area contributed by atoms with E-state index in [9.17, 15) is 18.8 Å². The molecule has 128 valence electrons. The summed E-state index contributed by atoms with van der Waals surface area (Å²) in [7, 11) is 0. The Hall–Kier alpha value is -2.67. The maximum absolute atomic E-state index is 13.0. The largest absolute Gasteiger partial charge is 0.326 e. The summed E-state index contributed by atoms with van der Waals surface area (Å²) in [5.41, 5.74) is 2.00. The van der Waals surface area contributed by atoms with Crippen LogP contribution >= 0.6 is 11.8 Å². The van der Waals surface area contributed by atoms with Crippen LogP contribution in [0, 0.1) is 12.7 Å². The summed E-state index contributed by atoms with van der Waals surface area (Å²) in [6, 6.07) is 12.4. The van der Waals surface area contributed by atoms with Gasteiger partial charge in [0.2, 0.25) is 11.8 Å². The van der Waals surface area contributed by atoms with E-state index in [1.807, 2.05) is 19.1 Å². The van der Waals surface area contributed by atoms with E-state index >= 15 is 0 Å². The molecule has 1 heterocycles. The minimum atomic E-state index is -0.789. The second-order valence-electron chi connectivity index (χ2n) is 5.64. The highest BCUT2D eigenvalue weighted by Gasteiger charge is 2.41. The van der Waals surface area contributed by atoms with Gasteiger partial charge in [0.25, 0.3) is 5.24 Å². The molecule has 0 unspecified atom stereocenters. The van der Waals surface area contributed by atoms with Crippen molar-refractivity contribution in [3.8, 4) is 0 Å². The predicted molar refractivity (Wildman–Crippen MR) is 95.1 cm³/mol. The molecule has 1 fully saturated rings. The number of nitrogens with zero attached hydrogens (tertiary/aromatic N) is 1. The van der Waals surface area contributed by atoms with Gasteiger partial charge in [0.15, 0.2) is 0 Å². The Morgan fingerprint density at radius 3 is 2.40 bits per heavy atom. The van der Waals surface area contributed by atoms with E-state index in [1.165, 1.54) is 24.3 Å². The number of aryl methyl sites for hydroxylation is 1. The van der Waals surface area contributed by atoms with E-state index in [0.29, 0.717) is 11.4 Å². The number of hydrogen-bond acceptors (Lipinski definition) is 4. The third-order valence-corrected chi connectivity index (χ3v) is 4.75. The van der Waals surface area contributed by atoms with E-state index in [0.717, 1.165) is 22.2 Å². The molecule has 0 aliphatic carbocycles. The zero-order valence-electron chi connectivity index (χ0n) is 13.4. The number of thioether (sulfide) groups is 1. The number of carbonyl (C=O) groups excluding carboxylic acids is 3. The molecule has 2 aromatic carbocycles. The van der Waals surface area contributed by atoms with E-state index in [2.05, 4.69) is 5.32 Å². The number of halogens is 1. The minimum absolute atomic E-state index is 0.110. The lowest BCUT2D eigenvalue weighted by Crippen LogP contribution is -2.32. The standard InChI is InChI=1S/C18H15FN2O3S/c1-11-2-6-13(7-3-11)20-16(22)10-15-17(23)21(18(24)25-15)14-8-4-12(19)5-9-14/h2-9,15H,10H2,1H3,(H,20,22)/t15-/m1/s1. The number of carbonyl (C=O) groups is 3. The van der Waals surface area contributed by atoms with Crippen LogP contribution in [0.4, 0.5) is 20.6 Å². The molecule has 25 heavy (non-hydrogen) atoms. The topological polar surface area (TPSA) is 66.5 Å². The van der Waals surface area contributed by atoms with Crippen LogP contribution in [-0.4, -0.2) is 22.3 Å². The molecule has 3 rings (SSSR count). The molecule has 0 bridgehead atoms. The first-order chi connectivity index (χ1) is 11.9. The molecule has 7 heteroatoms. The normalized spacial score (nSPS) is 17.0. The highest BCUT2D eigenvalue weighted by Crippen LogP contribution is 2.33. The first kappa shape index (κ1) is 17.2. The van der Waals surface area contributed by atoms with Crippen LogP contribution < -0.4 is 10.2 Å². The Balaban J connectivity index is 1.66. The number of amides is 3. The number of rotatable bonds is 4. The van der Waals surface area contributed by atoms with Gasteiger partial charge in [-0.1, -0.05) is 17.7 Å². The Bertz CT molecular complexity index is 821. The molecule has 0 aromatic heterocycles. The summed E-state index contributed by atoms with van der Waals surface area (Å²) in [6.07, 6.45) is -0.110. The maximum Gasteiger partial charge on any atom is 0.293 e. The van der Waals surface area contributed by atoms with Crippen LogP contribution in [0.3, 0.4) is 0 Å². The molecular formula is C18H15FN2O3S. The van der Waals surface area contributed by atoms with Gasteiger partial charge in [0.1, 0.15) is 11.1 Å². The number of nitrogens with one attached hydrogen (secondary N) is 1. The smallest absolute Gasteiger partial charge is 0.293 e. The van der Waals surface area contributed by atoms with Crippen molar-refractivity contribution in [1.29, 1.82) is 0 Å². The van der Waals surface area contributed by atoms with Crippen molar-refractivity contribution < 1.29 is 18.8 Å². The Morgan fingerprint density at radius 1 is 1.12 bits per heavy atom. The molecule has 0 saturated carbocycles. The van der Waals surface area contributed by atoms with E-state index < -0.39 is 22.2 Å². The van der Waals surface area contributed by atoms with E-state index in [4.69, 9.17) is 0 Å². The first-order valence-electron chi connectivity index (χ1n) is 7.61. The quantitative estimate of drug-likeness (QED) is 0.904. The molecule has 1 aliphatic rings. The number of imide groups is 1. The van der Waals surface area contributed by atoms with Gasteiger partial charge in [-0.25, -0.2) is 9.29 Å². The third kappa shape index (κ3) is 3.88. The van der Waals surface area contributed by atoms with Crippen molar-refractivity contribution in [2.45, 2.75) is 18.6 Å². The number of anilines is 2. The van der Waals surface area contributed by atoms with Gasteiger partial charge in [-0.15, -0.1) is 0 Å². The molecule has 1 N–H and O–H groups in total. The van der Waals surface area contributed by atoms with Gasteiger partial charge >= 0.3 is 0 Å². The minimum Gasteiger partial charge on any atom is -0.326 e. The molecule has 3 amide bonds. The molecule has 1 atom stereocenters. The molecule has 2 aromatic rings. The summed E-state index contributed by atoms with van der Waals surface area (Å²) in [5, 5.41) is 1.45. The summed E-state index contributed by atoms with van der Waals surface area (Å²) in [5.74, 6) is -1.27. The Kier molecular flexibility index (Phi) is 4.85. The Morgan fingerprint density at radius 2 is 1.76 bits per heavy atom. The fraction of sp³-hybridized carbons (Fsp3) is 0.167. The second-order valence-corrected chi connectivity index (χ2v) is 6.79. The highest BCUT2D eigenvalue weighted by atomic mass is 32.2. The van der Waals surface area contributed by atoms with Gasteiger partial charge in [-0.3, -0.25) is 14.4 Å². The monoisotopic (exact) mass is 358 g/mol. The predicted octanol–water partition coefficient (Wildman–Crippen LogP) is 3.73. The lowest BCUT2D eigenvalue weighted by molar-refractivity contribution is -0.121. The van der Waals surface area contributed by atoms with Crippen LogP contribution in [0.1, 0.15) is 12.0 Å². The van der Waals surface area contributed by atoms with Crippen molar-refractivity contribution in [3.63, 3.8) is 0 Å². The summed E-state index contributed by atoms with van der Waals surface area (Å²) >= 11 is 0.805. The molecule has 5 nitrogen and oxygen atoms in total. The second kappa shape index (κ2) is 7.06. The zero-order valence-corrected chi connectivity index (χ0v) is 14.2. The number of hydrogen-bond donors (Lipinski definition) is 1. The van der Waals surface area contributed by atoms with Crippen molar-refractivity contribution in [1.82, 2.24) is 0 Å². The van der Waals surface area contributed by atoms with Gasteiger partial charge < -0.3 is 5.32 Å².